The van der Waals surface area contributed by atoms with Crippen LogP contribution in [0.2, 0.25) is 0 Å². The maximum absolute atomic E-state index is 12.2. The molecule has 0 saturated heterocycles. The lowest BCUT2D eigenvalue weighted by Gasteiger charge is -2.25. The molecule has 0 saturated carbocycles. The zero-order valence-electron chi connectivity index (χ0n) is 11.1. The van der Waals surface area contributed by atoms with Gasteiger partial charge in [-0.1, -0.05) is 12.1 Å². The van der Waals surface area contributed by atoms with Gasteiger partial charge in [-0.25, -0.2) is 0 Å². The average Bonchev–Trinajstić information content (AvgIpc) is 2.46. The van der Waals surface area contributed by atoms with Crippen LogP contribution in [0.3, 0.4) is 0 Å². The van der Waals surface area contributed by atoms with E-state index in [1.807, 2.05) is 24.3 Å². The van der Waals surface area contributed by atoms with E-state index < -0.39 is 0 Å². The molecule has 2 N–H and O–H groups in total. The van der Waals surface area contributed by atoms with Crippen LogP contribution in [0.5, 0.6) is 11.5 Å². The lowest BCUT2D eigenvalue weighted by Crippen LogP contribution is -2.20. The largest absolute Gasteiger partial charge is 0.497 e. The van der Waals surface area contributed by atoms with Crippen LogP contribution >= 0.6 is 0 Å². The predicted molar refractivity (Wildman–Crippen MR) is 76.2 cm³/mol. The summed E-state index contributed by atoms with van der Waals surface area (Å²) in [5, 5.41) is 0. The molecule has 2 aromatic rings. The molecule has 0 amide bonds. The highest BCUT2D eigenvalue weighted by Gasteiger charge is 2.27. The molecule has 1 unspecified atom stereocenters. The zero-order chi connectivity index (χ0) is 14.1. The molecule has 4 heteroatoms. The molecule has 1 aliphatic heterocycles. The fourth-order valence-electron chi connectivity index (χ4n) is 2.34. The second kappa shape index (κ2) is 4.89. The number of fused-ring (bicyclic) bond motifs is 1. The molecule has 1 heterocycles. The molecule has 20 heavy (non-hydrogen) atoms. The minimum absolute atomic E-state index is 0.0760. The van der Waals surface area contributed by atoms with Gasteiger partial charge in [0.1, 0.15) is 17.6 Å². The summed E-state index contributed by atoms with van der Waals surface area (Å²) in [7, 11) is 1.62. The van der Waals surface area contributed by atoms with E-state index in [0.717, 1.165) is 11.3 Å². The maximum Gasteiger partial charge on any atom is 0.170 e. The van der Waals surface area contributed by atoms with Crippen LogP contribution in [-0.2, 0) is 0 Å². The van der Waals surface area contributed by atoms with Crippen molar-refractivity contribution in [1.82, 2.24) is 0 Å². The summed E-state index contributed by atoms with van der Waals surface area (Å²) < 4.78 is 11.0. The number of methoxy groups -OCH3 is 1. The molecule has 3 rings (SSSR count). The molecule has 0 bridgehead atoms. The van der Waals surface area contributed by atoms with Gasteiger partial charge in [0.25, 0.3) is 0 Å². The molecule has 2 aromatic carbocycles. The van der Waals surface area contributed by atoms with Crippen LogP contribution < -0.4 is 15.2 Å². The highest BCUT2D eigenvalue weighted by Crippen LogP contribution is 2.36. The first-order chi connectivity index (χ1) is 9.67. The van der Waals surface area contributed by atoms with Crippen molar-refractivity contribution in [3.05, 3.63) is 53.6 Å². The molecule has 0 aliphatic carbocycles. The second-order valence-electron chi connectivity index (χ2n) is 4.76. The van der Waals surface area contributed by atoms with E-state index in [4.69, 9.17) is 15.2 Å². The predicted octanol–water partition coefficient (Wildman–Crippen LogP) is 2.98. The summed E-state index contributed by atoms with van der Waals surface area (Å²) in [5.74, 6) is 1.41. The van der Waals surface area contributed by atoms with Gasteiger partial charge in [0.05, 0.1) is 19.1 Å². The summed E-state index contributed by atoms with van der Waals surface area (Å²) >= 11 is 0. The zero-order valence-corrected chi connectivity index (χ0v) is 11.1. The van der Waals surface area contributed by atoms with E-state index >= 15 is 0 Å². The third-order valence-electron chi connectivity index (χ3n) is 3.43. The molecule has 0 aromatic heterocycles. The Labute approximate surface area is 117 Å². The Bertz CT molecular complexity index is 649. The summed E-state index contributed by atoms with van der Waals surface area (Å²) in [6, 6.07) is 12.7. The SMILES string of the molecule is COc1ccc(C2CC(=O)c3ccc(N)cc3O2)cc1. The Hall–Kier alpha value is -2.49. The van der Waals surface area contributed by atoms with Crippen molar-refractivity contribution in [3.8, 4) is 11.5 Å². The smallest absolute Gasteiger partial charge is 0.170 e. The van der Waals surface area contributed by atoms with Crippen LogP contribution in [0.15, 0.2) is 42.5 Å². The third kappa shape index (κ3) is 2.20. The van der Waals surface area contributed by atoms with Crippen molar-refractivity contribution in [3.63, 3.8) is 0 Å². The molecule has 0 radical (unpaired) electrons. The second-order valence-corrected chi connectivity index (χ2v) is 4.76. The topological polar surface area (TPSA) is 61.5 Å². The van der Waals surface area contributed by atoms with E-state index in [9.17, 15) is 4.79 Å². The first-order valence-electron chi connectivity index (χ1n) is 6.40. The molecule has 0 spiro atoms. The summed E-state index contributed by atoms with van der Waals surface area (Å²) in [4.78, 5) is 12.2. The van der Waals surface area contributed by atoms with Crippen molar-refractivity contribution < 1.29 is 14.3 Å². The van der Waals surface area contributed by atoms with Gasteiger partial charge >= 0.3 is 0 Å². The number of nitrogen functional groups attached to an aromatic ring is 1. The van der Waals surface area contributed by atoms with Crippen molar-refractivity contribution in [2.75, 3.05) is 12.8 Å². The summed E-state index contributed by atoms with van der Waals surface area (Å²) in [6.07, 6.45) is 0.0613. The van der Waals surface area contributed by atoms with Gasteiger partial charge in [-0.15, -0.1) is 0 Å². The van der Waals surface area contributed by atoms with Crippen LogP contribution in [-0.4, -0.2) is 12.9 Å². The Morgan fingerprint density at radius 1 is 1.20 bits per heavy atom. The Kier molecular flexibility index (Phi) is 3.06. The van der Waals surface area contributed by atoms with Gasteiger partial charge in [-0.05, 0) is 29.8 Å². The highest BCUT2D eigenvalue weighted by atomic mass is 16.5. The molecule has 1 aliphatic rings. The first kappa shape index (κ1) is 12.5. The lowest BCUT2D eigenvalue weighted by molar-refractivity contribution is 0.0850. The Morgan fingerprint density at radius 2 is 1.95 bits per heavy atom. The van der Waals surface area contributed by atoms with Crippen LogP contribution in [0, 0.1) is 0 Å². The van der Waals surface area contributed by atoms with Crippen molar-refractivity contribution in [2.24, 2.45) is 0 Å². The molecular weight excluding hydrogens is 254 g/mol. The minimum Gasteiger partial charge on any atom is -0.497 e. The average molecular weight is 269 g/mol. The Balaban J connectivity index is 1.91. The molecule has 4 nitrogen and oxygen atoms in total. The number of rotatable bonds is 2. The standard InChI is InChI=1S/C16H15NO3/c1-19-12-5-2-10(3-6-12)15-9-14(18)13-7-4-11(17)8-16(13)20-15/h2-8,15H,9,17H2,1H3. The van der Waals surface area contributed by atoms with Gasteiger partial charge in [0, 0.05) is 11.8 Å². The molecule has 1 atom stereocenters. The van der Waals surface area contributed by atoms with Crippen molar-refractivity contribution >= 4 is 11.5 Å². The van der Waals surface area contributed by atoms with Gasteiger partial charge in [0.2, 0.25) is 0 Å². The van der Waals surface area contributed by atoms with Gasteiger partial charge in [0.15, 0.2) is 5.78 Å². The van der Waals surface area contributed by atoms with E-state index in [2.05, 4.69) is 0 Å². The Morgan fingerprint density at radius 3 is 2.65 bits per heavy atom. The van der Waals surface area contributed by atoms with Crippen molar-refractivity contribution in [2.45, 2.75) is 12.5 Å². The number of carbonyl (C=O) groups is 1. The summed E-state index contributed by atoms with van der Waals surface area (Å²) in [5.41, 5.74) is 7.88. The first-order valence-corrected chi connectivity index (χ1v) is 6.40. The normalized spacial score (nSPS) is 17.2. The van der Waals surface area contributed by atoms with Gasteiger partial charge < -0.3 is 15.2 Å². The molecule has 102 valence electrons. The van der Waals surface area contributed by atoms with E-state index in [1.54, 1.807) is 25.3 Å². The van der Waals surface area contributed by atoms with E-state index in [-0.39, 0.29) is 11.9 Å². The number of ether oxygens (including phenoxy) is 2. The number of benzene rings is 2. The molecular formula is C16H15NO3. The van der Waals surface area contributed by atoms with E-state index in [0.29, 0.717) is 23.4 Å². The fraction of sp³-hybridized carbons (Fsp3) is 0.188. The summed E-state index contributed by atoms with van der Waals surface area (Å²) in [6.45, 7) is 0. The number of ketones is 1. The number of anilines is 1. The number of hydrogen-bond acceptors (Lipinski definition) is 4. The van der Waals surface area contributed by atoms with Crippen LogP contribution in [0.1, 0.15) is 28.4 Å². The van der Waals surface area contributed by atoms with Gasteiger partial charge in [-0.2, -0.15) is 0 Å². The van der Waals surface area contributed by atoms with Crippen LogP contribution in [0.4, 0.5) is 5.69 Å². The minimum atomic E-state index is -0.275. The lowest BCUT2D eigenvalue weighted by atomic mass is 9.96. The monoisotopic (exact) mass is 269 g/mol. The quantitative estimate of drug-likeness (QED) is 0.851. The highest BCUT2D eigenvalue weighted by molar-refractivity contribution is 6.00. The number of carbonyl (C=O) groups excluding carboxylic acids is 1. The number of Topliss-reactive ketones (excluding diaryl/α,β-unsaturated/α-hetero) is 1. The van der Waals surface area contributed by atoms with Crippen LogP contribution in [0.25, 0.3) is 0 Å². The number of nitrogens with two attached hydrogens (primary N) is 1. The van der Waals surface area contributed by atoms with E-state index in [1.165, 1.54) is 0 Å². The maximum atomic E-state index is 12.2. The fourth-order valence-corrected chi connectivity index (χ4v) is 2.34. The van der Waals surface area contributed by atoms with Crippen molar-refractivity contribution in [1.29, 1.82) is 0 Å². The molecule has 0 fully saturated rings. The number of hydrogen-bond donors (Lipinski definition) is 1. The third-order valence-corrected chi connectivity index (χ3v) is 3.43. The van der Waals surface area contributed by atoms with Gasteiger partial charge in [-0.3, -0.25) is 4.79 Å².